The molecule has 1 amide bonds. The lowest BCUT2D eigenvalue weighted by Gasteiger charge is -2.31. The third-order valence-electron chi connectivity index (χ3n) is 3.74. The van der Waals surface area contributed by atoms with Crippen LogP contribution in [-0.2, 0) is 14.9 Å². The number of amides is 1. The van der Waals surface area contributed by atoms with E-state index in [-0.39, 0.29) is 6.10 Å². The van der Waals surface area contributed by atoms with E-state index < -0.39 is 16.3 Å². The molecule has 0 aromatic carbocycles. The summed E-state index contributed by atoms with van der Waals surface area (Å²) in [5.74, 6) is 0.819. The normalized spacial score (nSPS) is 21.5. The number of hydrogen-bond acceptors (Lipinski definition) is 5. The zero-order chi connectivity index (χ0) is 15.5. The van der Waals surface area contributed by atoms with Crippen LogP contribution in [0.3, 0.4) is 0 Å². The second-order valence-electron chi connectivity index (χ2n) is 6.09. The highest BCUT2D eigenvalue weighted by atomic mass is 32.2. The van der Waals surface area contributed by atoms with Crippen LogP contribution >= 0.6 is 0 Å². The van der Waals surface area contributed by atoms with Crippen LogP contribution in [0.1, 0.15) is 39.5 Å². The van der Waals surface area contributed by atoms with Gasteiger partial charge in [-0.25, -0.2) is 9.52 Å². The molecule has 1 aliphatic heterocycles. The van der Waals surface area contributed by atoms with Crippen molar-refractivity contribution >= 4 is 16.3 Å². The molecule has 0 aromatic rings. The number of hydrogen-bond donors (Lipinski definition) is 2. The summed E-state index contributed by atoms with van der Waals surface area (Å²) in [6.07, 6.45) is 2.89. The molecule has 122 valence electrons. The fourth-order valence-electron chi connectivity index (χ4n) is 2.36. The molecule has 1 heterocycles. The molecule has 0 radical (unpaired) electrons. The fraction of sp³-hybridized carbons (Fsp3) is 0.923. The van der Waals surface area contributed by atoms with Gasteiger partial charge in [-0.1, -0.05) is 0 Å². The Kier molecular flexibility index (Phi) is 5.45. The van der Waals surface area contributed by atoms with Crippen LogP contribution in [0.2, 0.25) is 0 Å². The van der Waals surface area contributed by atoms with Crippen molar-refractivity contribution in [1.29, 1.82) is 0 Å². The van der Waals surface area contributed by atoms with Gasteiger partial charge in [-0.05, 0) is 52.0 Å². The van der Waals surface area contributed by atoms with Crippen molar-refractivity contribution in [2.45, 2.75) is 51.7 Å². The number of carbonyl (C=O) groups is 1. The topological polar surface area (TPSA) is 87.7 Å². The Balaban J connectivity index is 1.75. The van der Waals surface area contributed by atoms with Gasteiger partial charge < -0.3 is 10.1 Å². The maximum atomic E-state index is 12.1. The average molecular weight is 319 g/mol. The summed E-state index contributed by atoms with van der Waals surface area (Å²) in [6.45, 7) is 5.22. The minimum absolute atomic E-state index is 0.349. The summed E-state index contributed by atoms with van der Waals surface area (Å²) in [5, 5.41) is 3.49. The number of rotatable bonds is 6. The van der Waals surface area contributed by atoms with Crippen LogP contribution in [0.15, 0.2) is 0 Å². The van der Waals surface area contributed by atoms with E-state index in [9.17, 15) is 13.2 Å². The van der Waals surface area contributed by atoms with E-state index in [1.165, 1.54) is 17.1 Å². The first-order valence-electron chi connectivity index (χ1n) is 7.58. The molecule has 7 nitrogen and oxygen atoms in total. The van der Waals surface area contributed by atoms with Gasteiger partial charge in [-0.15, -0.1) is 0 Å². The van der Waals surface area contributed by atoms with Gasteiger partial charge >= 0.3 is 16.3 Å². The fourth-order valence-corrected chi connectivity index (χ4v) is 3.44. The summed E-state index contributed by atoms with van der Waals surface area (Å²) < 4.78 is 32.2. The van der Waals surface area contributed by atoms with E-state index in [0.717, 1.165) is 25.3 Å². The molecule has 0 bridgehead atoms. The van der Waals surface area contributed by atoms with Gasteiger partial charge in [0.05, 0.1) is 6.10 Å². The van der Waals surface area contributed by atoms with Gasteiger partial charge in [0.1, 0.15) is 0 Å². The monoisotopic (exact) mass is 319 g/mol. The Morgan fingerprint density at radius 2 is 1.86 bits per heavy atom. The lowest BCUT2D eigenvalue weighted by atomic mass is 10.1. The third-order valence-corrected chi connectivity index (χ3v) is 5.21. The third kappa shape index (κ3) is 5.44. The summed E-state index contributed by atoms with van der Waals surface area (Å²) in [4.78, 5) is 11.4. The lowest BCUT2D eigenvalue weighted by molar-refractivity contribution is 0.120. The zero-order valence-electron chi connectivity index (χ0n) is 12.7. The van der Waals surface area contributed by atoms with Crippen LogP contribution in [0, 0.1) is 5.92 Å². The van der Waals surface area contributed by atoms with Gasteiger partial charge in [-0.2, -0.15) is 12.7 Å². The molecule has 21 heavy (non-hydrogen) atoms. The first kappa shape index (κ1) is 16.5. The van der Waals surface area contributed by atoms with Crippen molar-refractivity contribution in [2.24, 2.45) is 5.92 Å². The van der Waals surface area contributed by atoms with Crippen LogP contribution in [-0.4, -0.2) is 50.6 Å². The molecule has 1 aliphatic carbocycles. The number of nitrogens with one attached hydrogen (secondary N) is 2. The minimum atomic E-state index is -3.79. The highest BCUT2D eigenvalue weighted by molar-refractivity contribution is 7.87. The largest absolute Gasteiger partial charge is 0.446 e. The minimum Gasteiger partial charge on any atom is -0.446 e. The molecule has 2 N–H and O–H groups in total. The van der Waals surface area contributed by atoms with Crippen LogP contribution in [0.4, 0.5) is 4.79 Å². The van der Waals surface area contributed by atoms with Gasteiger partial charge in [0, 0.05) is 19.1 Å². The Bertz CT molecular complexity index is 454. The lowest BCUT2D eigenvalue weighted by Crippen LogP contribution is -2.50. The quantitative estimate of drug-likeness (QED) is 0.757. The summed E-state index contributed by atoms with van der Waals surface area (Å²) in [5.41, 5.74) is 0. The molecule has 0 spiro atoms. The maximum Gasteiger partial charge on any atom is 0.422 e. The predicted molar refractivity (Wildman–Crippen MR) is 79.0 cm³/mol. The van der Waals surface area contributed by atoms with Crippen molar-refractivity contribution < 1.29 is 17.9 Å². The van der Waals surface area contributed by atoms with Crippen molar-refractivity contribution in [3.8, 4) is 0 Å². The van der Waals surface area contributed by atoms with Crippen molar-refractivity contribution in [2.75, 3.05) is 19.6 Å². The van der Waals surface area contributed by atoms with Gasteiger partial charge in [0.25, 0.3) is 0 Å². The standard InChI is InChI=1S/C13H25N3O4S/c1-10(2)20-13(17)15-21(18,19)16-7-5-12(6-8-16)14-9-11-3-4-11/h10-12,14H,3-9H2,1-2H3,(H,15,17). The summed E-state index contributed by atoms with van der Waals surface area (Å²) >= 11 is 0. The van der Waals surface area contributed by atoms with Crippen molar-refractivity contribution in [1.82, 2.24) is 14.3 Å². The Morgan fingerprint density at radius 1 is 1.24 bits per heavy atom. The van der Waals surface area contributed by atoms with E-state index in [0.29, 0.717) is 19.1 Å². The van der Waals surface area contributed by atoms with Crippen molar-refractivity contribution in [3.05, 3.63) is 0 Å². The molecule has 2 rings (SSSR count). The van der Waals surface area contributed by atoms with Crippen LogP contribution in [0.25, 0.3) is 0 Å². The zero-order valence-corrected chi connectivity index (χ0v) is 13.5. The molecule has 1 saturated heterocycles. The van der Waals surface area contributed by atoms with E-state index in [2.05, 4.69) is 5.32 Å². The molecular formula is C13H25N3O4S. The number of carbonyl (C=O) groups excluding carboxylic acids is 1. The van der Waals surface area contributed by atoms with Crippen LogP contribution < -0.4 is 10.0 Å². The molecule has 2 fully saturated rings. The van der Waals surface area contributed by atoms with Crippen LogP contribution in [0.5, 0.6) is 0 Å². The number of nitrogens with zero attached hydrogens (tertiary/aromatic N) is 1. The second-order valence-corrected chi connectivity index (χ2v) is 7.76. The first-order chi connectivity index (χ1) is 9.87. The molecule has 0 unspecified atom stereocenters. The summed E-state index contributed by atoms with van der Waals surface area (Å²) in [6, 6.07) is 0.375. The molecule has 2 aliphatic rings. The Hall–Kier alpha value is -0.860. The van der Waals surface area contributed by atoms with E-state index in [1.54, 1.807) is 13.8 Å². The maximum absolute atomic E-state index is 12.1. The van der Waals surface area contributed by atoms with E-state index in [4.69, 9.17) is 4.74 Å². The Morgan fingerprint density at radius 3 is 2.38 bits per heavy atom. The number of ether oxygens (including phenoxy) is 1. The molecule has 1 saturated carbocycles. The van der Waals surface area contributed by atoms with Crippen molar-refractivity contribution in [3.63, 3.8) is 0 Å². The Labute approximate surface area is 126 Å². The highest BCUT2D eigenvalue weighted by Crippen LogP contribution is 2.28. The smallest absolute Gasteiger partial charge is 0.422 e. The molecule has 0 aromatic heterocycles. The molecule has 8 heteroatoms. The average Bonchev–Trinajstić information content (AvgIpc) is 3.19. The van der Waals surface area contributed by atoms with Gasteiger partial charge in [-0.3, -0.25) is 0 Å². The summed E-state index contributed by atoms with van der Waals surface area (Å²) in [7, 11) is -3.79. The first-order valence-corrected chi connectivity index (χ1v) is 9.02. The SMILES string of the molecule is CC(C)OC(=O)NS(=O)(=O)N1CCC(NCC2CC2)CC1. The second kappa shape index (κ2) is 6.93. The number of piperidine rings is 1. The van der Waals surface area contributed by atoms with Gasteiger partial charge in [0.15, 0.2) is 0 Å². The van der Waals surface area contributed by atoms with Gasteiger partial charge in [0.2, 0.25) is 0 Å². The predicted octanol–water partition coefficient (Wildman–Crippen LogP) is 0.830. The molecular weight excluding hydrogens is 294 g/mol. The van der Waals surface area contributed by atoms with E-state index >= 15 is 0 Å². The van der Waals surface area contributed by atoms with E-state index in [1.807, 2.05) is 4.72 Å². The highest BCUT2D eigenvalue weighted by Gasteiger charge is 2.30. The molecule has 0 atom stereocenters.